The van der Waals surface area contributed by atoms with Crippen LogP contribution in [0.5, 0.6) is 0 Å². The van der Waals surface area contributed by atoms with E-state index in [2.05, 4.69) is 50.5 Å². The van der Waals surface area contributed by atoms with Crippen LogP contribution in [0, 0.1) is 0 Å². The molecule has 1 fully saturated rings. The smallest absolute Gasteiger partial charge is 0.110 e. The highest BCUT2D eigenvalue weighted by atomic mass is 15.2. The highest BCUT2D eigenvalue weighted by Gasteiger charge is 2.26. The summed E-state index contributed by atoms with van der Waals surface area (Å²) in [6.45, 7) is 4.08. The van der Waals surface area contributed by atoms with Crippen LogP contribution >= 0.6 is 0 Å². The summed E-state index contributed by atoms with van der Waals surface area (Å²) in [5.74, 6) is 1.66. The summed E-state index contributed by atoms with van der Waals surface area (Å²) in [5, 5.41) is 0. The minimum Gasteiger partial charge on any atom is -0.345 e. The number of H-pyrrole nitrogens is 1. The maximum atomic E-state index is 4.57. The van der Waals surface area contributed by atoms with Crippen molar-refractivity contribution in [3.05, 3.63) is 35.9 Å². The number of rotatable bonds is 5. The lowest BCUT2D eigenvalue weighted by Crippen LogP contribution is -2.21. The lowest BCUT2D eigenvalue weighted by Gasteiger charge is -2.15. The molecule has 21 heavy (non-hydrogen) atoms. The predicted octanol–water partition coefficient (Wildman–Crippen LogP) is 1.19. The van der Waals surface area contributed by atoms with Crippen molar-refractivity contribution in [2.75, 3.05) is 27.2 Å². The Morgan fingerprint density at radius 1 is 1.38 bits per heavy atom. The highest BCUT2D eigenvalue weighted by molar-refractivity contribution is 5.08. The minimum absolute atomic E-state index is 0.522. The average Bonchev–Trinajstić information content (AvgIpc) is 3.12. The van der Waals surface area contributed by atoms with Gasteiger partial charge in [-0.25, -0.2) is 9.97 Å². The van der Waals surface area contributed by atoms with E-state index in [9.17, 15) is 0 Å². The first-order valence-electron chi connectivity index (χ1n) is 7.48. The third-order valence-electron chi connectivity index (χ3n) is 4.10. The molecule has 6 nitrogen and oxygen atoms in total. The van der Waals surface area contributed by atoms with Crippen LogP contribution in [0.4, 0.5) is 0 Å². The number of aromatic amines is 1. The van der Waals surface area contributed by atoms with Crippen molar-refractivity contribution in [3.63, 3.8) is 0 Å². The maximum absolute atomic E-state index is 4.57. The molecule has 0 amide bonds. The quantitative estimate of drug-likeness (QED) is 0.898. The second kappa shape index (κ2) is 5.99. The van der Waals surface area contributed by atoms with Crippen molar-refractivity contribution in [3.8, 4) is 0 Å². The number of hydrogen-bond acceptors (Lipinski definition) is 4. The zero-order chi connectivity index (χ0) is 14.8. The van der Waals surface area contributed by atoms with E-state index >= 15 is 0 Å². The van der Waals surface area contributed by atoms with Gasteiger partial charge in [-0.05, 0) is 27.1 Å². The summed E-state index contributed by atoms with van der Waals surface area (Å²) in [7, 11) is 6.20. The Morgan fingerprint density at radius 2 is 2.24 bits per heavy atom. The van der Waals surface area contributed by atoms with Crippen molar-refractivity contribution in [1.29, 1.82) is 0 Å². The lowest BCUT2D eigenvalue weighted by atomic mass is 10.1. The summed E-state index contributed by atoms with van der Waals surface area (Å²) >= 11 is 0. The predicted molar refractivity (Wildman–Crippen MR) is 81.8 cm³/mol. The van der Waals surface area contributed by atoms with Gasteiger partial charge in [-0.2, -0.15) is 0 Å². The van der Waals surface area contributed by atoms with Gasteiger partial charge in [-0.3, -0.25) is 4.90 Å². The highest BCUT2D eigenvalue weighted by Crippen LogP contribution is 2.26. The lowest BCUT2D eigenvalue weighted by molar-refractivity contribution is 0.318. The molecule has 0 unspecified atom stereocenters. The number of aryl methyl sites for hydroxylation is 1. The summed E-state index contributed by atoms with van der Waals surface area (Å²) in [6, 6.07) is 0. The fraction of sp³-hybridized carbons (Fsp3) is 0.600. The summed E-state index contributed by atoms with van der Waals surface area (Å²) in [5.41, 5.74) is 2.46. The Hall–Kier alpha value is -1.66. The van der Waals surface area contributed by atoms with Crippen LogP contribution in [0.25, 0.3) is 0 Å². The van der Waals surface area contributed by atoms with Crippen LogP contribution in [0.1, 0.15) is 29.6 Å². The van der Waals surface area contributed by atoms with Crippen LogP contribution in [0.15, 0.2) is 18.7 Å². The number of hydrogen-bond donors (Lipinski definition) is 1. The largest absolute Gasteiger partial charge is 0.345 e. The molecule has 2 aromatic heterocycles. The monoisotopic (exact) mass is 288 g/mol. The fourth-order valence-electron chi connectivity index (χ4n) is 2.97. The zero-order valence-electron chi connectivity index (χ0n) is 13.1. The molecular formula is C15H24N6. The molecule has 6 heteroatoms. The molecule has 0 bridgehead atoms. The molecule has 0 spiro atoms. The molecule has 0 saturated carbocycles. The van der Waals surface area contributed by atoms with E-state index in [1.165, 1.54) is 17.8 Å². The summed E-state index contributed by atoms with van der Waals surface area (Å²) < 4.78 is 2.09. The summed E-state index contributed by atoms with van der Waals surface area (Å²) in [4.78, 5) is 16.9. The summed E-state index contributed by atoms with van der Waals surface area (Å²) in [6.07, 6.45) is 6.96. The molecule has 0 radical (unpaired) electrons. The van der Waals surface area contributed by atoms with E-state index in [0.717, 1.165) is 32.0 Å². The van der Waals surface area contributed by atoms with Gasteiger partial charge in [0.15, 0.2) is 0 Å². The molecule has 114 valence electrons. The standard InChI is InChI=1S/C15H24N6/c1-19(2)9-13-6-17-15(18-13)12-4-5-21(8-12)10-14-7-16-11-20(14)3/h6-7,11-12H,4-5,8-10H2,1-3H3,(H,17,18)/t12-/m1/s1. The molecule has 1 N–H and O–H groups in total. The molecule has 1 aliphatic rings. The van der Waals surface area contributed by atoms with Crippen LogP contribution in [-0.2, 0) is 20.1 Å². The topological polar surface area (TPSA) is 53.0 Å². The normalized spacial score (nSPS) is 19.7. The average molecular weight is 288 g/mol. The second-order valence-corrected chi connectivity index (χ2v) is 6.25. The van der Waals surface area contributed by atoms with Crippen LogP contribution < -0.4 is 0 Å². The first-order chi connectivity index (χ1) is 10.1. The zero-order valence-corrected chi connectivity index (χ0v) is 13.1. The van der Waals surface area contributed by atoms with Crippen LogP contribution in [0.2, 0.25) is 0 Å². The third kappa shape index (κ3) is 3.33. The maximum Gasteiger partial charge on any atom is 0.110 e. The number of nitrogens with one attached hydrogen (secondary N) is 1. The molecule has 1 saturated heterocycles. The van der Waals surface area contributed by atoms with E-state index in [-0.39, 0.29) is 0 Å². The van der Waals surface area contributed by atoms with Crippen molar-refractivity contribution >= 4 is 0 Å². The first kappa shape index (κ1) is 14.3. The van der Waals surface area contributed by atoms with E-state index in [0.29, 0.717) is 5.92 Å². The van der Waals surface area contributed by atoms with Crippen molar-refractivity contribution < 1.29 is 0 Å². The molecule has 0 aromatic carbocycles. The molecule has 1 aliphatic heterocycles. The van der Waals surface area contributed by atoms with E-state index in [1.54, 1.807) is 0 Å². The molecule has 2 aromatic rings. The van der Waals surface area contributed by atoms with Crippen molar-refractivity contribution in [2.24, 2.45) is 7.05 Å². The van der Waals surface area contributed by atoms with E-state index in [4.69, 9.17) is 0 Å². The van der Waals surface area contributed by atoms with Crippen molar-refractivity contribution in [1.82, 2.24) is 29.3 Å². The van der Waals surface area contributed by atoms with E-state index in [1.807, 2.05) is 18.7 Å². The van der Waals surface area contributed by atoms with Crippen molar-refractivity contribution in [2.45, 2.75) is 25.4 Å². The Kier molecular flexibility index (Phi) is 4.07. The SMILES string of the molecule is CN(C)Cc1cnc([C@@H]2CCN(Cc3cncn3C)C2)[nH]1. The van der Waals surface area contributed by atoms with Gasteiger partial charge in [0, 0.05) is 50.7 Å². The molecule has 1 atom stereocenters. The van der Waals surface area contributed by atoms with Gasteiger partial charge < -0.3 is 14.5 Å². The Morgan fingerprint density at radius 3 is 2.95 bits per heavy atom. The number of nitrogens with zero attached hydrogens (tertiary/aromatic N) is 5. The molecule has 3 rings (SSSR count). The Labute approximate surface area is 125 Å². The molecular weight excluding hydrogens is 264 g/mol. The second-order valence-electron chi connectivity index (χ2n) is 6.25. The van der Waals surface area contributed by atoms with Crippen LogP contribution in [0.3, 0.4) is 0 Å². The number of aromatic nitrogens is 4. The number of likely N-dealkylation sites (tertiary alicyclic amines) is 1. The third-order valence-corrected chi connectivity index (χ3v) is 4.10. The van der Waals surface area contributed by atoms with Gasteiger partial charge in [0.05, 0.1) is 12.0 Å². The van der Waals surface area contributed by atoms with Gasteiger partial charge in [0.25, 0.3) is 0 Å². The van der Waals surface area contributed by atoms with Gasteiger partial charge in [-0.1, -0.05) is 0 Å². The minimum atomic E-state index is 0.522. The van der Waals surface area contributed by atoms with Gasteiger partial charge in [0.2, 0.25) is 0 Å². The molecule has 3 heterocycles. The van der Waals surface area contributed by atoms with E-state index < -0.39 is 0 Å². The van der Waals surface area contributed by atoms with Gasteiger partial charge in [-0.15, -0.1) is 0 Å². The van der Waals surface area contributed by atoms with Crippen LogP contribution in [-0.4, -0.2) is 56.5 Å². The van der Waals surface area contributed by atoms with Gasteiger partial charge in [0.1, 0.15) is 5.82 Å². The number of imidazole rings is 2. The Balaban J connectivity index is 1.59. The Bertz CT molecular complexity index is 585. The first-order valence-corrected chi connectivity index (χ1v) is 7.48. The van der Waals surface area contributed by atoms with Gasteiger partial charge >= 0.3 is 0 Å². The fourth-order valence-corrected chi connectivity index (χ4v) is 2.97. The molecule has 0 aliphatic carbocycles.